The van der Waals surface area contributed by atoms with Crippen LogP contribution in [0.25, 0.3) is 0 Å². The third-order valence-corrected chi connectivity index (χ3v) is 7.28. The largest absolute Gasteiger partial charge is 0.367 e. The van der Waals surface area contributed by atoms with E-state index < -0.39 is 0 Å². The Hall–Kier alpha value is -5.34. The van der Waals surface area contributed by atoms with Crippen molar-refractivity contribution in [2.24, 2.45) is 0 Å². The Balaban J connectivity index is 1.29. The van der Waals surface area contributed by atoms with Crippen LogP contribution in [0.4, 0.5) is 27.7 Å². The molecule has 8 nitrogen and oxygen atoms in total. The van der Waals surface area contributed by atoms with Crippen molar-refractivity contribution in [2.75, 3.05) is 15.5 Å². The molecule has 1 saturated carbocycles. The molecule has 3 N–H and O–H groups in total. The van der Waals surface area contributed by atoms with Gasteiger partial charge >= 0.3 is 6.03 Å². The van der Waals surface area contributed by atoms with Gasteiger partial charge in [-0.2, -0.15) is 10.5 Å². The van der Waals surface area contributed by atoms with Crippen LogP contribution in [0.1, 0.15) is 42.4 Å². The van der Waals surface area contributed by atoms with Gasteiger partial charge in [0, 0.05) is 36.2 Å². The quantitative estimate of drug-likeness (QED) is 0.228. The van der Waals surface area contributed by atoms with E-state index in [1.165, 1.54) is 0 Å². The molecule has 5 rings (SSSR count). The van der Waals surface area contributed by atoms with Gasteiger partial charge in [-0.1, -0.05) is 42.5 Å². The maximum absolute atomic E-state index is 13.6. The van der Waals surface area contributed by atoms with Crippen molar-refractivity contribution in [1.82, 2.24) is 10.3 Å². The molecule has 0 saturated heterocycles. The number of carbonyl (C=O) groups is 1. The molecule has 3 aromatic carbocycles. The number of pyridine rings is 1. The number of nitrogens with one attached hydrogen (secondary N) is 3. The average Bonchev–Trinajstić information content (AvgIpc) is 3.03. The monoisotopic (exact) mass is 541 g/mol. The van der Waals surface area contributed by atoms with E-state index >= 15 is 0 Å². The molecule has 0 atom stereocenters. The highest BCUT2D eigenvalue weighted by atomic mass is 16.2. The summed E-state index contributed by atoms with van der Waals surface area (Å²) in [5.74, 6) is 0.756. The van der Waals surface area contributed by atoms with E-state index in [9.17, 15) is 10.1 Å². The van der Waals surface area contributed by atoms with Crippen LogP contribution in [0.15, 0.2) is 97.2 Å². The predicted octanol–water partition coefficient (Wildman–Crippen LogP) is 6.71. The first-order chi connectivity index (χ1) is 20.1. The minimum Gasteiger partial charge on any atom is -0.367 e. The lowest BCUT2D eigenvalue weighted by molar-refractivity contribution is 0.240. The molecule has 8 heteroatoms. The van der Waals surface area contributed by atoms with Gasteiger partial charge in [0.1, 0.15) is 18.0 Å². The summed E-state index contributed by atoms with van der Waals surface area (Å²) in [6, 6.07) is 33.1. The molecule has 0 aliphatic heterocycles. The third-order valence-electron chi connectivity index (χ3n) is 7.28. The van der Waals surface area contributed by atoms with Crippen molar-refractivity contribution in [2.45, 2.75) is 44.3 Å². The molecule has 0 unspecified atom stereocenters. The SMILES string of the molecule is N#Cc1ccc(NC2CCC(N(C(=O)NCc3ccccc3)c3ccc(Nc4ccccc4C#N)cc3)CC2)nc1. The molecular weight excluding hydrogens is 510 g/mol. The molecule has 1 aliphatic rings. The van der Waals surface area contributed by atoms with Gasteiger partial charge in [-0.25, -0.2) is 9.78 Å². The zero-order valence-corrected chi connectivity index (χ0v) is 22.6. The number of benzene rings is 3. The summed E-state index contributed by atoms with van der Waals surface area (Å²) >= 11 is 0. The number of rotatable bonds is 8. The highest BCUT2D eigenvalue weighted by Crippen LogP contribution is 2.31. The molecule has 0 bridgehead atoms. The van der Waals surface area contributed by atoms with E-state index in [2.05, 4.69) is 33.1 Å². The number of urea groups is 1. The minimum atomic E-state index is -0.130. The first-order valence-electron chi connectivity index (χ1n) is 13.7. The molecular formula is C33H31N7O. The van der Waals surface area contributed by atoms with Crippen LogP contribution in [0.5, 0.6) is 0 Å². The Morgan fingerprint density at radius 1 is 0.854 bits per heavy atom. The number of hydrogen-bond acceptors (Lipinski definition) is 6. The van der Waals surface area contributed by atoms with Crippen LogP contribution in [-0.4, -0.2) is 23.1 Å². The number of nitrogens with zero attached hydrogens (tertiary/aromatic N) is 4. The van der Waals surface area contributed by atoms with Gasteiger partial charge < -0.3 is 16.0 Å². The molecule has 41 heavy (non-hydrogen) atoms. The maximum Gasteiger partial charge on any atom is 0.322 e. The topological polar surface area (TPSA) is 117 Å². The van der Waals surface area contributed by atoms with Gasteiger partial charge in [-0.05, 0) is 79.8 Å². The Morgan fingerprint density at radius 2 is 1.59 bits per heavy atom. The number of anilines is 4. The van der Waals surface area contributed by atoms with Crippen LogP contribution in [0, 0.1) is 22.7 Å². The zero-order valence-electron chi connectivity index (χ0n) is 22.6. The van der Waals surface area contributed by atoms with E-state index in [1.807, 2.05) is 83.8 Å². The third kappa shape index (κ3) is 7.00. The Kier molecular flexibility index (Phi) is 8.73. The molecule has 0 radical (unpaired) electrons. The van der Waals surface area contributed by atoms with Gasteiger partial charge in [-0.3, -0.25) is 4.90 Å². The van der Waals surface area contributed by atoms with Crippen molar-refractivity contribution >= 4 is 28.9 Å². The Bertz CT molecular complexity index is 1530. The van der Waals surface area contributed by atoms with E-state index in [4.69, 9.17) is 5.26 Å². The second-order valence-electron chi connectivity index (χ2n) is 10.0. The normalized spacial score (nSPS) is 16.0. The molecule has 4 aromatic rings. The lowest BCUT2D eigenvalue weighted by Crippen LogP contribution is -2.48. The summed E-state index contributed by atoms with van der Waals surface area (Å²) in [5.41, 5.74) is 4.54. The van der Waals surface area contributed by atoms with E-state index in [0.29, 0.717) is 17.7 Å². The van der Waals surface area contributed by atoms with Gasteiger partial charge in [0.05, 0.1) is 16.8 Å². The number of hydrogen-bond donors (Lipinski definition) is 3. The van der Waals surface area contributed by atoms with Crippen molar-refractivity contribution in [3.63, 3.8) is 0 Å². The average molecular weight is 542 g/mol. The Morgan fingerprint density at radius 3 is 2.27 bits per heavy atom. The summed E-state index contributed by atoms with van der Waals surface area (Å²) in [6.45, 7) is 0.446. The maximum atomic E-state index is 13.6. The van der Waals surface area contributed by atoms with Gasteiger partial charge in [0.15, 0.2) is 0 Å². The first kappa shape index (κ1) is 27.2. The van der Waals surface area contributed by atoms with Crippen molar-refractivity contribution in [3.8, 4) is 12.1 Å². The number of nitriles is 2. The fourth-order valence-corrected chi connectivity index (χ4v) is 5.14. The van der Waals surface area contributed by atoms with Gasteiger partial charge in [-0.15, -0.1) is 0 Å². The standard InChI is InChI=1S/C33H31N7O/c34-20-25-10-19-32(36-23-25)39-28-13-17-30(18-14-28)40(33(41)37-22-24-6-2-1-3-7-24)29-15-11-27(12-16-29)38-31-9-5-4-8-26(31)21-35/h1-12,15-16,19,23,28,30,38H,13-14,17-18,22H2,(H,36,39)(H,37,41). The predicted molar refractivity (Wildman–Crippen MR) is 161 cm³/mol. The van der Waals surface area contributed by atoms with Crippen LogP contribution < -0.4 is 20.9 Å². The van der Waals surface area contributed by atoms with Crippen molar-refractivity contribution in [3.05, 3.63) is 114 Å². The zero-order chi connectivity index (χ0) is 28.4. The molecule has 1 aromatic heterocycles. The van der Waals surface area contributed by atoms with Gasteiger partial charge in [0.2, 0.25) is 0 Å². The Labute approximate surface area is 240 Å². The summed E-state index contributed by atoms with van der Waals surface area (Å²) in [4.78, 5) is 19.8. The molecule has 2 amide bonds. The number of para-hydroxylation sites is 1. The molecule has 1 fully saturated rings. The highest BCUT2D eigenvalue weighted by Gasteiger charge is 2.30. The lowest BCUT2D eigenvalue weighted by atomic mass is 9.90. The van der Waals surface area contributed by atoms with E-state index in [1.54, 1.807) is 18.3 Å². The van der Waals surface area contributed by atoms with Crippen molar-refractivity contribution in [1.29, 1.82) is 10.5 Å². The highest BCUT2D eigenvalue weighted by molar-refractivity contribution is 5.93. The van der Waals surface area contributed by atoms with E-state index in [0.717, 1.165) is 54.1 Å². The summed E-state index contributed by atoms with van der Waals surface area (Å²) in [6.07, 6.45) is 5.02. The molecule has 1 aliphatic carbocycles. The van der Waals surface area contributed by atoms with Crippen molar-refractivity contribution < 1.29 is 4.79 Å². The minimum absolute atomic E-state index is 0.0378. The fraction of sp³-hybridized carbons (Fsp3) is 0.212. The number of aromatic nitrogens is 1. The second kappa shape index (κ2) is 13.1. The fourth-order valence-electron chi connectivity index (χ4n) is 5.14. The molecule has 0 spiro atoms. The lowest BCUT2D eigenvalue weighted by Gasteiger charge is -2.37. The van der Waals surface area contributed by atoms with Crippen LogP contribution >= 0.6 is 0 Å². The van der Waals surface area contributed by atoms with Crippen LogP contribution in [0.3, 0.4) is 0 Å². The smallest absolute Gasteiger partial charge is 0.322 e. The number of amides is 2. The number of carbonyl (C=O) groups excluding carboxylic acids is 1. The van der Waals surface area contributed by atoms with Gasteiger partial charge in [0.25, 0.3) is 0 Å². The van der Waals surface area contributed by atoms with E-state index in [-0.39, 0.29) is 18.1 Å². The summed E-state index contributed by atoms with van der Waals surface area (Å²) < 4.78 is 0. The van der Waals surface area contributed by atoms with Crippen LogP contribution in [0.2, 0.25) is 0 Å². The van der Waals surface area contributed by atoms with Crippen LogP contribution in [-0.2, 0) is 6.54 Å². The molecule has 204 valence electrons. The second-order valence-corrected chi connectivity index (χ2v) is 10.0. The first-order valence-corrected chi connectivity index (χ1v) is 13.7. The summed E-state index contributed by atoms with van der Waals surface area (Å²) in [5, 5.41) is 28.3. The summed E-state index contributed by atoms with van der Waals surface area (Å²) in [7, 11) is 0. The molecule has 1 heterocycles.